The van der Waals surface area contributed by atoms with E-state index < -0.39 is 16.4 Å². The van der Waals surface area contributed by atoms with Crippen molar-refractivity contribution in [3.8, 4) is 17.3 Å². The number of amides is 1. The van der Waals surface area contributed by atoms with Crippen LogP contribution < -0.4 is 10.1 Å². The predicted molar refractivity (Wildman–Crippen MR) is 225 cm³/mol. The van der Waals surface area contributed by atoms with E-state index in [9.17, 15) is 4.79 Å². The molecule has 2 saturated carbocycles. The summed E-state index contributed by atoms with van der Waals surface area (Å²) in [5.41, 5.74) is 4.19. The average molecular weight is 828 g/mol. The lowest BCUT2D eigenvalue weighted by Crippen LogP contribution is -2.47. The number of carbonyl (C=O) groups is 1. The number of carbonyl (C=O) groups excluding carboxylic acids is 1. The summed E-state index contributed by atoms with van der Waals surface area (Å²) in [5.74, 6) is 0.435. The van der Waals surface area contributed by atoms with Crippen molar-refractivity contribution in [2.75, 3.05) is 19.8 Å². The van der Waals surface area contributed by atoms with Crippen molar-refractivity contribution >= 4 is 45.2 Å². The molecule has 4 heterocycles. The molecule has 7 rings (SSSR count). The van der Waals surface area contributed by atoms with E-state index in [0.717, 1.165) is 63.0 Å². The zero-order chi connectivity index (χ0) is 39.8. The van der Waals surface area contributed by atoms with Gasteiger partial charge >= 0.3 is 12.1 Å². The van der Waals surface area contributed by atoms with Gasteiger partial charge in [-0.25, -0.2) is 9.78 Å². The number of hydrogen-bond acceptors (Lipinski definition) is 9. The molecule has 11 nitrogen and oxygen atoms in total. The Morgan fingerprint density at radius 3 is 2.25 bits per heavy atom. The molecule has 14 heteroatoms. The van der Waals surface area contributed by atoms with Crippen molar-refractivity contribution in [3.05, 3.63) is 40.9 Å². The van der Waals surface area contributed by atoms with E-state index in [2.05, 4.69) is 83.1 Å². The number of halogens is 1. The van der Waals surface area contributed by atoms with E-state index >= 15 is 0 Å². The molecule has 1 amide bonds. The standard InChI is InChI=1S/C42H63ClN4O7Si2/c1-42(2,3)56(7,8)54-35-25-51-37-34(24-50-38(35)37)53-40-45-33-23-32(43)36(46-39(33)47(40)26-49-21-22-55(4,5)6)29-15-13-27(14-16-29)28-17-19-30(20-18-28)44-41(48)52-31-11-9-10-12-31/h13-16,23,28,30-31,34-35,37-38H,9-12,17-22,24-26H2,1-8H3,(H,44,48)/t28-,30-,34-,35-,37-,38-/m1/s1. The maximum Gasteiger partial charge on any atom is 0.407 e. The van der Waals surface area contributed by atoms with Crippen molar-refractivity contribution in [2.45, 2.75) is 165 Å². The number of rotatable bonds is 13. The topological polar surface area (TPSA) is 115 Å². The van der Waals surface area contributed by atoms with Crippen molar-refractivity contribution in [1.29, 1.82) is 0 Å². The molecule has 56 heavy (non-hydrogen) atoms. The quantitative estimate of drug-likeness (QED) is 0.133. The Kier molecular flexibility index (Phi) is 12.6. The van der Waals surface area contributed by atoms with Gasteiger partial charge in [-0.2, -0.15) is 4.98 Å². The molecule has 1 aromatic carbocycles. The van der Waals surface area contributed by atoms with E-state index in [0.29, 0.717) is 53.6 Å². The summed E-state index contributed by atoms with van der Waals surface area (Å²) >= 11 is 6.95. The zero-order valence-electron chi connectivity index (χ0n) is 34.7. The van der Waals surface area contributed by atoms with Gasteiger partial charge in [0.2, 0.25) is 0 Å². The summed E-state index contributed by atoms with van der Waals surface area (Å²) in [6.45, 7) is 20.0. The molecule has 2 aliphatic heterocycles. The van der Waals surface area contributed by atoms with Gasteiger partial charge in [-0.1, -0.05) is 76.3 Å². The first-order valence-corrected chi connectivity index (χ1v) is 27.8. The van der Waals surface area contributed by atoms with Crippen LogP contribution >= 0.6 is 11.6 Å². The SMILES string of the molecule is CC(C)(C)[Si](C)(C)O[C@@H]1CO[C@H]2[C@@H]1OC[C@H]2Oc1nc2cc(Cl)c(-c3ccc([C@H]4CC[C@H](NC(=O)OC5CCCC5)CC4)cc3)nc2n1COCC[Si](C)(C)C. The fourth-order valence-electron chi connectivity index (χ4n) is 8.11. The third-order valence-corrected chi connectivity index (χ3v) is 19.1. The molecule has 0 unspecified atom stereocenters. The molecular formula is C42H63ClN4O7Si2. The van der Waals surface area contributed by atoms with E-state index in [4.69, 9.17) is 49.7 Å². The van der Waals surface area contributed by atoms with Gasteiger partial charge in [-0.15, -0.1) is 0 Å². The van der Waals surface area contributed by atoms with Gasteiger partial charge < -0.3 is 33.4 Å². The zero-order valence-corrected chi connectivity index (χ0v) is 37.5. The monoisotopic (exact) mass is 826 g/mol. The summed E-state index contributed by atoms with van der Waals surface area (Å²) in [6, 6.07) is 12.1. The molecule has 1 N–H and O–H groups in total. The Bertz CT molecular complexity index is 1810. The number of ether oxygens (including phenoxy) is 5. The first kappa shape index (κ1) is 41.6. The maximum absolute atomic E-state index is 12.4. The molecule has 0 bridgehead atoms. The molecule has 3 aromatic rings. The van der Waals surface area contributed by atoms with E-state index in [1.807, 2.05) is 10.6 Å². The Hall–Kier alpha value is -2.53. The van der Waals surface area contributed by atoms with Crippen molar-refractivity contribution in [1.82, 2.24) is 19.9 Å². The normalized spacial score (nSPS) is 26.2. The van der Waals surface area contributed by atoms with Gasteiger partial charge in [0, 0.05) is 26.3 Å². The summed E-state index contributed by atoms with van der Waals surface area (Å²) in [6.07, 6.45) is 7.06. The predicted octanol–water partition coefficient (Wildman–Crippen LogP) is 9.69. The first-order valence-electron chi connectivity index (χ1n) is 20.8. The van der Waals surface area contributed by atoms with E-state index in [1.165, 1.54) is 5.56 Å². The minimum absolute atomic E-state index is 0.0832. The van der Waals surface area contributed by atoms with Gasteiger partial charge in [-0.05, 0) is 93.1 Å². The molecule has 4 atom stereocenters. The number of hydrogen-bond donors (Lipinski definition) is 1. The number of nitrogens with one attached hydrogen (secondary N) is 1. The number of imidazole rings is 1. The number of fused-ring (bicyclic) bond motifs is 2. The van der Waals surface area contributed by atoms with Crippen LogP contribution in [0.2, 0.25) is 48.8 Å². The second-order valence-corrected chi connectivity index (χ2v) is 29.9. The Labute approximate surface area is 340 Å². The second kappa shape index (κ2) is 17.0. The number of nitrogens with zero attached hydrogens (tertiary/aromatic N) is 3. The fourth-order valence-corrected chi connectivity index (χ4v) is 10.4. The maximum atomic E-state index is 12.4. The second-order valence-electron chi connectivity index (χ2n) is 19.1. The highest BCUT2D eigenvalue weighted by atomic mass is 35.5. The first-order chi connectivity index (χ1) is 26.5. The molecule has 0 radical (unpaired) electrons. The summed E-state index contributed by atoms with van der Waals surface area (Å²) in [7, 11) is -3.32. The van der Waals surface area contributed by atoms with Crippen LogP contribution in [0.15, 0.2) is 30.3 Å². The molecular weight excluding hydrogens is 764 g/mol. The molecule has 4 fully saturated rings. The van der Waals surface area contributed by atoms with Crippen LogP contribution in [0.25, 0.3) is 22.4 Å². The minimum Gasteiger partial charge on any atom is -0.456 e. The fraction of sp³-hybridized carbons (Fsp3) is 0.690. The number of pyridine rings is 1. The number of benzene rings is 1. The largest absolute Gasteiger partial charge is 0.456 e. The lowest BCUT2D eigenvalue weighted by molar-refractivity contribution is 0.00687. The lowest BCUT2D eigenvalue weighted by Gasteiger charge is -2.39. The number of aromatic nitrogens is 3. The lowest BCUT2D eigenvalue weighted by atomic mass is 9.81. The third kappa shape index (κ3) is 9.67. The smallest absolute Gasteiger partial charge is 0.407 e. The van der Waals surface area contributed by atoms with Gasteiger partial charge in [0.05, 0.1) is 30.0 Å². The minimum atomic E-state index is -2.02. The average Bonchev–Trinajstić information content (AvgIpc) is 3.93. The molecule has 4 aliphatic rings. The van der Waals surface area contributed by atoms with Gasteiger partial charge in [0.15, 0.2) is 20.1 Å². The van der Waals surface area contributed by atoms with E-state index in [-0.39, 0.29) is 54.4 Å². The van der Waals surface area contributed by atoms with Crippen LogP contribution in [0, 0.1) is 0 Å². The van der Waals surface area contributed by atoms with E-state index in [1.54, 1.807) is 0 Å². The van der Waals surface area contributed by atoms with Crippen molar-refractivity contribution in [2.24, 2.45) is 0 Å². The Morgan fingerprint density at radius 2 is 1.59 bits per heavy atom. The highest BCUT2D eigenvalue weighted by Crippen LogP contribution is 2.41. The summed E-state index contributed by atoms with van der Waals surface area (Å²) in [5, 5.41) is 3.72. The van der Waals surface area contributed by atoms with Crippen LogP contribution in [-0.2, 0) is 30.1 Å². The van der Waals surface area contributed by atoms with Crippen LogP contribution in [0.4, 0.5) is 4.79 Å². The third-order valence-electron chi connectivity index (χ3n) is 12.6. The Balaban J connectivity index is 1.05. The molecule has 2 saturated heterocycles. The van der Waals surface area contributed by atoms with Crippen LogP contribution in [0.3, 0.4) is 0 Å². The van der Waals surface area contributed by atoms with Gasteiger partial charge in [0.25, 0.3) is 0 Å². The molecule has 308 valence electrons. The number of alkyl carbamates (subject to hydrolysis) is 1. The molecule has 0 spiro atoms. The summed E-state index contributed by atoms with van der Waals surface area (Å²) < 4.78 is 39.8. The molecule has 2 aromatic heterocycles. The molecule has 2 aliphatic carbocycles. The van der Waals surface area contributed by atoms with Crippen LogP contribution in [0.1, 0.15) is 83.6 Å². The van der Waals surface area contributed by atoms with Crippen LogP contribution in [0.5, 0.6) is 6.01 Å². The Morgan fingerprint density at radius 1 is 0.929 bits per heavy atom. The van der Waals surface area contributed by atoms with Gasteiger partial charge in [-0.3, -0.25) is 4.57 Å². The summed E-state index contributed by atoms with van der Waals surface area (Å²) in [4.78, 5) is 22.4. The highest BCUT2D eigenvalue weighted by molar-refractivity contribution is 6.76. The van der Waals surface area contributed by atoms with Crippen molar-refractivity contribution < 1.29 is 32.9 Å². The van der Waals surface area contributed by atoms with Crippen molar-refractivity contribution in [3.63, 3.8) is 0 Å². The van der Waals surface area contributed by atoms with Crippen LogP contribution in [-0.4, -0.2) is 93.4 Å². The highest BCUT2D eigenvalue weighted by Gasteiger charge is 2.52. The van der Waals surface area contributed by atoms with Gasteiger partial charge in [0.1, 0.15) is 30.6 Å².